The van der Waals surface area contributed by atoms with Gasteiger partial charge in [0.05, 0.1) is 24.3 Å². The van der Waals surface area contributed by atoms with Crippen LogP contribution in [0, 0.1) is 0 Å². The lowest BCUT2D eigenvalue weighted by atomic mass is 9.95. The molecule has 57 heavy (non-hydrogen) atoms. The number of aromatic hydroxyl groups is 2. The normalized spacial score (nSPS) is 13.4. The van der Waals surface area contributed by atoms with Crippen LogP contribution in [0.2, 0.25) is 0 Å². The van der Waals surface area contributed by atoms with Crippen molar-refractivity contribution in [1.82, 2.24) is 0 Å². The Balaban J connectivity index is 1.14. The molecule has 13 heteroatoms. The third-order valence-electron chi connectivity index (χ3n) is 9.76. The molecule has 0 radical (unpaired) electrons. The smallest absolute Gasteiger partial charge is 0.339 e. The molecular formula is C44H30O13. The van der Waals surface area contributed by atoms with E-state index in [1.54, 1.807) is 60.7 Å². The summed E-state index contributed by atoms with van der Waals surface area (Å²) < 4.78 is 40.7. The summed E-state index contributed by atoms with van der Waals surface area (Å²) in [6, 6.07) is 25.3. The molecule has 13 nitrogen and oxygen atoms in total. The van der Waals surface area contributed by atoms with Gasteiger partial charge in [-0.3, -0.25) is 0 Å². The SMILES string of the molecule is CCOc1cccc2c(COC3Oc4ccc(Cc5cc(=O)oc6cc(O)ccc56)cc4-c4oc(=O)c(Cc5cc(=O)oc6c(O)cccc56)cc43)cc(=O)oc12. The van der Waals surface area contributed by atoms with E-state index in [4.69, 9.17) is 31.9 Å². The maximum Gasteiger partial charge on any atom is 0.339 e. The first-order valence-electron chi connectivity index (χ1n) is 17.9. The van der Waals surface area contributed by atoms with Crippen LogP contribution in [0.4, 0.5) is 0 Å². The third-order valence-corrected chi connectivity index (χ3v) is 9.76. The second kappa shape index (κ2) is 14.0. The fraction of sp³-hybridized carbons (Fsp3) is 0.136. The number of ether oxygens (including phenoxy) is 3. The van der Waals surface area contributed by atoms with Gasteiger partial charge in [-0.05, 0) is 78.1 Å². The number of rotatable bonds is 9. The lowest BCUT2D eigenvalue weighted by Gasteiger charge is -2.28. The van der Waals surface area contributed by atoms with Gasteiger partial charge in [-0.15, -0.1) is 0 Å². The summed E-state index contributed by atoms with van der Waals surface area (Å²) >= 11 is 0. The van der Waals surface area contributed by atoms with Crippen molar-refractivity contribution in [2.24, 2.45) is 0 Å². The van der Waals surface area contributed by atoms with E-state index in [0.29, 0.717) is 62.1 Å². The van der Waals surface area contributed by atoms with Crippen LogP contribution in [0.3, 0.4) is 0 Å². The molecule has 8 aromatic rings. The van der Waals surface area contributed by atoms with Gasteiger partial charge < -0.3 is 42.1 Å². The quantitative estimate of drug-likeness (QED) is 0.140. The van der Waals surface area contributed by atoms with E-state index < -0.39 is 28.8 Å². The van der Waals surface area contributed by atoms with E-state index in [1.807, 2.05) is 6.92 Å². The molecule has 0 amide bonds. The van der Waals surface area contributed by atoms with Crippen molar-refractivity contribution in [2.45, 2.75) is 32.7 Å². The lowest BCUT2D eigenvalue weighted by molar-refractivity contribution is -0.0952. The Labute approximate surface area is 320 Å². The topological polar surface area (TPSA) is 189 Å². The van der Waals surface area contributed by atoms with Crippen LogP contribution >= 0.6 is 0 Å². The van der Waals surface area contributed by atoms with Crippen LogP contribution in [-0.2, 0) is 24.2 Å². The number of hydrogen-bond donors (Lipinski definition) is 2. The molecule has 2 N–H and O–H groups in total. The van der Waals surface area contributed by atoms with Crippen molar-refractivity contribution in [1.29, 1.82) is 0 Å². The van der Waals surface area contributed by atoms with Gasteiger partial charge in [0.2, 0.25) is 6.29 Å². The zero-order valence-corrected chi connectivity index (χ0v) is 30.0. The highest BCUT2D eigenvalue weighted by atomic mass is 16.7. The number of para-hydroxylation sites is 2. The Morgan fingerprint density at radius 2 is 1.37 bits per heavy atom. The summed E-state index contributed by atoms with van der Waals surface area (Å²) in [6.07, 6.45) is -0.928. The second-order valence-corrected chi connectivity index (χ2v) is 13.5. The highest BCUT2D eigenvalue weighted by molar-refractivity contribution is 5.86. The number of benzene rings is 4. The molecule has 1 atom stereocenters. The molecule has 9 rings (SSSR count). The number of hydrogen-bond acceptors (Lipinski definition) is 13. The fourth-order valence-corrected chi connectivity index (χ4v) is 7.26. The van der Waals surface area contributed by atoms with Gasteiger partial charge in [0.25, 0.3) is 0 Å². The molecule has 1 aliphatic rings. The summed E-state index contributed by atoms with van der Waals surface area (Å²) in [5, 5.41) is 22.0. The van der Waals surface area contributed by atoms with Crippen molar-refractivity contribution < 1.29 is 42.1 Å². The molecule has 4 aromatic heterocycles. The second-order valence-electron chi connectivity index (χ2n) is 13.5. The fourth-order valence-electron chi connectivity index (χ4n) is 7.26. The van der Waals surface area contributed by atoms with Crippen molar-refractivity contribution in [3.8, 4) is 34.3 Å². The van der Waals surface area contributed by atoms with Crippen molar-refractivity contribution in [3.05, 3.63) is 172 Å². The molecule has 5 heterocycles. The first-order chi connectivity index (χ1) is 27.6. The molecule has 0 aliphatic carbocycles. The van der Waals surface area contributed by atoms with Crippen LogP contribution in [0.15, 0.2) is 134 Å². The molecule has 1 unspecified atom stereocenters. The van der Waals surface area contributed by atoms with Gasteiger partial charge in [0.1, 0.15) is 17.1 Å². The third kappa shape index (κ3) is 6.59. The average molecular weight is 767 g/mol. The number of phenolic OH excluding ortho intramolecular Hbond substituents is 2. The summed E-state index contributed by atoms with van der Waals surface area (Å²) in [4.78, 5) is 51.5. The maximum absolute atomic E-state index is 13.8. The molecule has 0 fully saturated rings. The summed E-state index contributed by atoms with van der Waals surface area (Å²) in [5.41, 5.74) is 1.19. The molecule has 0 bridgehead atoms. The predicted molar refractivity (Wildman–Crippen MR) is 206 cm³/mol. The van der Waals surface area contributed by atoms with Crippen LogP contribution < -0.4 is 32.0 Å². The predicted octanol–water partition coefficient (Wildman–Crippen LogP) is 7.23. The van der Waals surface area contributed by atoms with Crippen molar-refractivity contribution in [3.63, 3.8) is 0 Å². The van der Waals surface area contributed by atoms with E-state index in [-0.39, 0.29) is 59.0 Å². The monoisotopic (exact) mass is 766 g/mol. The van der Waals surface area contributed by atoms with Gasteiger partial charge in [0, 0.05) is 52.4 Å². The van der Waals surface area contributed by atoms with Crippen LogP contribution in [0.5, 0.6) is 23.0 Å². The van der Waals surface area contributed by atoms with E-state index in [0.717, 1.165) is 5.56 Å². The Hall–Kier alpha value is -7.38. The van der Waals surface area contributed by atoms with Crippen molar-refractivity contribution >= 4 is 32.9 Å². The van der Waals surface area contributed by atoms with Gasteiger partial charge in [-0.2, -0.15) is 0 Å². The van der Waals surface area contributed by atoms with Gasteiger partial charge in [0.15, 0.2) is 28.4 Å². The molecule has 0 spiro atoms. The van der Waals surface area contributed by atoms with Gasteiger partial charge >= 0.3 is 22.5 Å². The number of phenols is 2. The maximum atomic E-state index is 13.8. The van der Waals surface area contributed by atoms with Crippen LogP contribution in [-0.4, -0.2) is 16.8 Å². The minimum absolute atomic E-state index is 0.0128. The largest absolute Gasteiger partial charge is 0.508 e. The first kappa shape index (κ1) is 35.3. The highest BCUT2D eigenvalue weighted by Gasteiger charge is 2.31. The average Bonchev–Trinajstić information content (AvgIpc) is 3.18. The minimum atomic E-state index is -1.14. The van der Waals surface area contributed by atoms with E-state index in [2.05, 4.69) is 0 Å². The highest BCUT2D eigenvalue weighted by Crippen LogP contribution is 2.44. The Morgan fingerprint density at radius 3 is 2.18 bits per heavy atom. The lowest BCUT2D eigenvalue weighted by Crippen LogP contribution is -2.21. The zero-order valence-electron chi connectivity index (χ0n) is 30.0. The summed E-state index contributed by atoms with van der Waals surface area (Å²) in [7, 11) is 0. The van der Waals surface area contributed by atoms with Crippen LogP contribution in [0.25, 0.3) is 44.2 Å². The number of fused-ring (bicyclic) bond motifs is 6. The molecule has 1 aliphatic heterocycles. The summed E-state index contributed by atoms with van der Waals surface area (Å²) in [6.45, 7) is 2.06. The molecule has 284 valence electrons. The van der Waals surface area contributed by atoms with Crippen molar-refractivity contribution in [2.75, 3.05) is 6.61 Å². The zero-order chi connectivity index (χ0) is 39.4. The van der Waals surface area contributed by atoms with E-state index in [1.165, 1.54) is 36.4 Å². The summed E-state index contributed by atoms with van der Waals surface area (Å²) in [5.74, 6) is 0.648. The standard InChI is InChI=1S/C44H30O13/c1-2-51-35-8-4-6-30-26(19-39(49)56-42(30)35)21-52-44-32-16-25(15-24-18-38(48)55-41-29(24)5-3-7-33(41)46)43(50)57-40(32)31-14-22(9-12-34(31)54-44)13-23-17-37(47)53-36-20-27(45)10-11-28(23)36/h3-12,14,16-20,44-46H,2,13,15,21H2,1H3. The Morgan fingerprint density at radius 1 is 0.649 bits per heavy atom. The Kier molecular flexibility index (Phi) is 8.70. The van der Waals surface area contributed by atoms with E-state index >= 15 is 0 Å². The van der Waals surface area contributed by atoms with Crippen LogP contribution in [0.1, 0.15) is 46.6 Å². The minimum Gasteiger partial charge on any atom is -0.508 e. The molecule has 0 saturated heterocycles. The molecule has 4 aromatic carbocycles. The van der Waals surface area contributed by atoms with Gasteiger partial charge in [-0.25, -0.2) is 19.2 Å². The van der Waals surface area contributed by atoms with Gasteiger partial charge in [-0.1, -0.05) is 30.3 Å². The van der Waals surface area contributed by atoms with E-state index in [9.17, 15) is 29.4 Å². The first-order valence-corrected chi connectivity index (χ1v) is 17.9. The Bertz CT molecular complexity index is 3150. The molecular weight excluding hydrogens is 736 g/mol. The molecule has 0 saturated carbocycles.